The van der Waals surface area contributed by atoms with Crippen molar-refractivity contribution in [3.8, 4) is 0 Å². The molecule has 0 spiro atoms. The molecule has 0 bridgehead atoms. The maximum atomic E-state index is 12.9. The largest absolute Gasteiger partial charge is 0.315 e. The predicted octanol–water partition coefficient (Wildman–Crippen LogP) is 2.40. The van der Waals surface area contributed by atoms with Crippen LogP contribution in [-0.2, 0) is 6.54 Å². The van der Waals surface area contributed by atoms with Crippen LogP contribution in [0.2, 0.25) is 0 Å². The van der Waals surface area contributed by atoms with Gasteiger partial charge in [0.1, 0.15) is 5.82 Å². The van der Waals surface area contributed by atoms with Gasteiger partial charge in [-0.05, 0) is 44.5 Å². The fourth-order valence-corrected chi connectivity index (χ4v) is 2.46. The summed E-state index contributed by atoms with van der Waals surface area (Å²) >= 11 is 0. The fourth-order valence-electron chi connectivity index (χ4n) is 2.46. The van der Waals surface area contributed by atoms with Gasteiger partial charge in [-0.3, -0.25) is 4.90 Å². The van der Waals surface area contributed by atoms with Crippen molar-refractivity contribution in [2.75, 3.05) is 13.1 Å². The minimum Gasteiger partial charge on any atom is -0.315 e. The molecule has 0 aromatic heterocycles. The van der Waals surface area contributed by atoms with E-state index in [0.717, 1.165) is 19.6 Å². The molecule has 1 aromatic rings. The van der Waals surface area contributed by atoms with Crippen LogP contribution in [0.4, 0.5) is 4.39 Å². The van der Waals surface area contributed by atoms with E-state index in [0.29, 0.717) is 12.1 Å². The van der Waals surface area contributed by atoms with E-state index in [1.54, 1.807) is 12.1 Å². The molecule has 1 aliphatic rings. The fraction of sp³-hybridized carbons (Fsp3) is 0.571. The first-order valence-corrected chi connectivity index (χ1v) is 6.37. The third-order valence-corrected chi connectivity index (χ3v) is 3.45. The smallest absolute Gasteiger partial charge is 0.123 e. The van der Waals surface area contributed by atoms with Crippen molar-refractivity contribution < 1.29 is 4.39 Å². The third kappa shape index (κ3) is 3.27. The summed E-state index contributed by atoms with van der Waals surface area (Å²) in [4.78, 5) is 2.49. The number of halogens is 1. The molecular weight excluding hydrogens is 215 g/mol. The molecule has 2 rings (SSSR count). The first-order chi connectivity index (χ1) is 8.16. The summed E-state index contributed by atoms with van der Waals surface area (Å²) in [7, 11) is 0. The van der Waals surface area contributed by atoms with Crippen LogP contribution in [0, 0.1) is 5.82 Å². The molecule has 0 radical (unpaired) electrons. The summed E-state index contributed by atoms with van der Waals surface area (Å²) in [5.41, 5.74) is 1.19. The number of benzene rings is 1. The van der Waals surface area contributed by atoms with Gasteiger partial charge >= 0.3 is 0 Å². The molecule has 2 nitrogen and oxygen atoms in total. The van der Waals surface area contributed by atoms with E-state index in [4.69, 9.17) is 0 Å². The zero-order chi connectivity index (χ0) is 12.3. The summed E-state index contributed by atoms with van der Waals surface area (Å²) < 4.78 is 12.9. The Kier molecular flexibility index (Phi) is 4.13. The van der Waals surface area contributed by atoms with Crippen molar-refractivity contribution in [2.24, 2.45) is 0 Å². The van der Waals surface area contributed by atoms with Gasteiger partial charge in [-0.1, -0.05) is 12.1 Å². The van der Waals surface area contributed by atoms with Crippen LogP contribution in [0.3, 0.4) is 0 Å². The summed E-state index contributed by atoms with van der Waals surface area (Å²) in [6.07, 6.45) is 1.21. The van der Waals surface area contributed by atoms with Gasteiger partial charge in [0.2, 0.25) is 0 Å². The second-order valence-corrected chi connectivity index (χ2v) is 5.04. The average Bonchev–Trinajstić information content (AvgIpc) is 2.81. The van der Waals surface area contributed by atoms with Crippen LogP contribution < -0.4 is 5.32 Å². The molecule has 0 amide bonds. The van der Waals surface area contributed by atoms with Crippen LogP contribution >= 0.6 is 0 Å². The van der Waals surface area contributed by atoms with E-state index in [1.807, 2.05) is 12.1 Å². The van der Waals surface area contributed by atoms with Gasteiger partial charge in [0.25, 0.3) is 0 Å². The van der Waals surface area contributed by atoms with Gasteiger partial charge in [0.05, 0.1) is 0 Å². The van der Waals surface area contributed by atoms with Crippen molar-refractivity contribution in [3.05, 3.63) is 35.6 Å². The lowest BCUT2D eigenvalue weighted by molar-refractivity contribution is 0.154. The lowest BCUT2D eigenvalue weighted by Gasteiger charge is -2.32. The predicted molar refractivity (Wildman–Crippen MR) is 68.4 cm³/mol. The minimum absolute atomic E-state index is 0.160. The second-order valence-electron chi connectivity index (χ2n) is 5.04. The summed E-state index contributed by atoms with van der Waals surface area (Å²) in [5.74, 6) is -0.160. The molecule has 0 saturated carbocycles. The standard InChI is InChI=1S/C14H21FN2/c1-11(2)17(14-7-8-16-9-14)10-12-3-5-13(15)6-4-12/h3-6,11,14,16H,7-10H2,1-2H3. The third-order valence-electron chi connectivity index (χ3n) is 3.45. The summed E-state index contributed by atoms with van der Waals surface area (Å²) in [6, 6.07) is 7.98. The monoisotopic (exact) mass is 236 g/mol. The molecule has 0 aliphatic carbocycles. The van der Waals surface area contributed by atoms with E-state index in [2.05, 4.69) is 24.1 Å². The van der Waals surface area contributed by atoms with E-state index in [-0.39, 0.29) is 5.82 Å². The van der Waals surface area contributed by atoms with Crippen molar-refractivity contribution in [3.63, 3.8) is 0 Å². The molecule has 1 atom stereocenters. The van der Waals surface area contributed by atoms with Crippen LogP contribution in [0.15, 0.2) is 24.3 Å². The van der Waals surface area contributed by atoms with Crippen LogP contribution in [0.1, 0.15) is 25.8 Å². The van der Waals surface area contributed by atoms with Crippen LogP contribution in [-0.4, -0.2) is 30.1 Å². The molecule has 3 heteroatoms. The molecule has 1 aliphatic heterocycles. The van der Waals surface area contributed by atoms with Gasteiger partial charge in [-0.2, -0.15) is 0 Å². The van der Waals surface area contributed by atoms with E-state index < -0.39 is 0 Å². The Morgan fingerprint density at radius 2 is 2.06 bits per heavy atom. The first-order valence-electron chi connectivity index (χ1n) is 6.37. The Balaban J connectivity index is 2.04. The number of hydrogen-bond donors (Lipinski definition) is 1. The Morgan fingerprint density at radius 3 is 2.59 bits per heavy atom. The maximum Gasteiger partial charge on any atom is 0.123 e. The molecule has 1 unspecified atom stereocenters. The van der Waals surface area contributed by atoms with E-state index >= 15 is 0 Å². The molecular formula is C14H21FN2. The number of rotatable bonds is 4. The van der Waals surface area contributed by atoms with Crippen LogP contribution in [0.5, 0.6) is 0 Å². The molecule has 1 aromatic carbocycles. The van der Waals surface area contributed by atoms with Gasteiger partial charge < -0.3 is 5.32 Å². The summed E-state index contributed by atoms with van der Waals surface area (Å²) in [6.45, 7) is 7.53. The Labute approximate surface area is 103 Å². The Hall–Kier alpha value is -0.930. The number of hydrogen-bond acceptors (Lipinski definition) is 2. The molecule has 1 N–H and O–H groups in total. The highest BCUT2D eigenvalue weighted by atomic mass is 19.1. The maximum absolute atomic E-state index is 12.9. The molecule has 94 valence electrons. The lowest BCUT2D eigenvalue weighted by Crippen LogP contribution is -2.41. The normalized spacial score (nSPS) is 20.4. The van der Waals surface area contributed by atoms with E-state index in [1.165, 1.54) is 12.0 Å². The number of nitrogens with one attached hydrogen (secondary N) is 1. The summed E-state index contributed by atoms with van der Waals surface area (Å²) in [5, 5.41) is 3.40. The highest BCUT2D eigenvalue weighted by molar-refractivity contribution is 5.16. The van der Waals surface area contributed by atoms with Crippen molar-refractivity contribution in [2.45, 2.75) is 38.9 Å². The van der Waals surface area contributed by atoms with Crippen molar-refractivity contribution in [1.82, 2.24) is 10.2 Å². The zero-order valence-corrected chi connectivity index (χ0v) is 10.6. The minimum atomic E-state index is -0.160. The van der Waals surface area contributed by atoms with Gasteiger partial charge in [0, 0.05) is 25.2 Å². The molecule has 1 heterocycles. The lowest BCUT2D eigenvalue weighted by atomic mass is 10.1. The average molecular weight is 236 g/mol. The topological polar surface area (TPSA) is 15.3 Å². The van der Waals surface area contributed by atoms with Crippen molar-refractivity contribution >= 4 is 0 Å². The Morgan fingerprint density at radius 1 is 1.35 bits per heavy atom. The van der Waals surface area contributed by atoms with Gasteiger partial charge in [0.15, 0.2) is 0 Å². The Bertz CT molecular complexity index is 342. The van der Waals surface area contributed by atoms with Gasteiger partial charge in [-0.15, -0.1) is 0 Å². The number of nitrogens with zero attached hydrogens (tertiary/aromatic N) is 1. The first kappa shape index (κ1) is 12.5. The highest BCUT2D eigenvalue weighted by Gasteiger charge is 2.24. The zero-order valence-electron chi connectivity index (χ0n) is 10.6. The van der Waals surface area contributed by atoms with E-state index in [9.17, 15) is 4.39 Å². The SMILES string of the molecule is CC(C)N(Cc1ccc(F)cc1)C1CCNC1. The quantitative estimate of drug-likeness (QED) is 0.863. The molecule has 1 saturated heterocycles. The van der Waals surface area contributed by atoms with Crippen molar-refractivity contribution in [1.29, 1.82) is 0 Å². The highest BCUT2D eigenvalue weighted by Crippen LogP contribution is 2.16. The second kappa shape index (κ2) is 5.61. The molecule has 17 heavy (non-hydrogen) atoms. The molecule has 1 fully saturated rings. The van der Waals surface area contributed by atoms with Gasteiger partial charge in [-0.25, -0.2) is 4.39 Å². The van der Waals surface area contributed by atoms with Crippen LogP contribution in [0.25, 0.3) is 0 Å².